The van der Waals surface area contributed by atoms with Crippen molar-refractivity contribution in [2.24, 2.45) is 0 Å². The van der Waals surface area contributed by atoms with Gasteiger partial charge in [0.2, 0.25) is 17.0 Å². The van der Waals surface area contributed by atoms with Crippen LogP contribution in [-0.4, -0.2) is 26.8 Å². The third-order valence-corrected chi connectivity index (χ3v) is 3.36. The van der Waals surface area contributed by atoms with Crippen LogP contribution in [0.1, 0.15) is 5.56 Å². The number of nitrogens with zero attached hydrogens (tertiary/aromatic N) is 2. The Balaban J connectivity index is 1.90. The smallest absolute Gasteiger partial charge is 0.234 e. The number of thioether (sulfide) groups is 1. The number of anilines is 2. The molecule has 0 aliphatic heterocycles. The SMILES string of the molecule is Cc1cc(Cl)ccc1NC(=O)CSc1n[nH]c(N)n1. The average Bonchev–Trinajstić information content (AvgIpc) is 2.76. The molecule has 0 fully saturated rings. The standard InChI is InChI=1S/C11H12ClN5OS/c1-6-4-7(12)2-3-8(6)14-9(18)5-19-11-15-10(13)16-17-11/h2-4H,5H2,1H3,(H,14,18)(H3,13,15,16,17). The van der Waals surface area contributed by atoms with E-state index >= 15 is 0 Å². The predicted octanol–water partition coefficient (Wildman–Crippen LogP) is 2.08. The van der Waals surface area contributed by atoms with E-state index in [0.29, 0.717) is 10.2 Å². The first-order valence-corrected chi connectivity index (χ1v) is 6.77. The van der Waals surface area contributed by atoms with Gasteiger partial charge < -0.3 is 11.1 Å². The predicted molar refractivity (Wildman–Crippen MR) is 76.3 cm³/mol. The summed E-state index contributed by atoms with van der Waals surface area (Å²) >= 11 is 7.05. The summed E-state index contributed by atoms with van der Waals surface area (Å²) in [5.41, 5.74) is 7.04. The van der Waals surface area contributed by atoms with E-state index in [1.54, 1.807) is 18.2 Å². The Hall–Kier alpha value is -1.73. The molecule has 0 saturated carbocycles. The Morgan fingerprint density at radius 3 is 3.00 bits per heavy atom. The van der Waals surface area contributed by atoms with Gasteiger partial charge >= 0.3 is 0 Å². The molecule has 100 valence electrons. The number of carbonyl (C=O) groups is 1. The summed E-state index contributed by atoms with van der Waals surface area (Å²) in [4.78, 5) is 15.7. The molecule has 8 heteroatoms. The molecule has 0 spiro atoms. The normalized spacial score (nSPS) is 10.4. The Morgan fingerprint density at radius 2 is 2.37 bits per heavy atom. The molecule has 1 amide bonds. The van der Waals surface area contributed by atoms with Gasteiger partial charge in [-0.1, -0.05) is 23.4 Å². The number of carbonyl (C=O) groups excluding carboxylic acids is 1. The zero-order valence-electron chi connectivity index (χ0n) is 10.1. The van der Waals surface area contributed by atoms with E-state index < -0.39 is 0 Å². The number of nitrogens with two attached hydrogens (primary N) is 1. The van der Waals surface area contributed by atoms with Crippen molar-refractivity contribution in [2.75, 3.05) is 16.8 Å². The van der Waals surface area contributed by atoms with Crippen molar-refractivity contribution in [2.45, 2.75) is 12.1 Å². The number of hydrogen-bond donors (Lipinski definition) is 3. The zero-order chi connectivity index (χ0) is 13.8. The Kier molecular flexibility index (Phi) is 4.28. The Bertz CT molecular complexity index is 601. The van der Waals surface area contributed by atoms with E-state index in [0.717, 1.165) is 11.3 Å². The highest BCUT2D eigenvalue weighted by Gasteiger charge is 2.08. The van der Waals surface area contributed by atoms with Crippen molar-refractivity contribution < 1.29 is 4.79 Å². The Labute approximate surface area is 119 Å². The maximum absolute atomic E-state index is 11.8. The second-order valence-electron chi connectivity index (χ2n) is 3.80. The lowest BCUT2D eigenvalue weighted by Crippen LogP contribution is -2.14. The van der Waals surface area contributed by atoms with Crippen LogP contribution in [-0.2, 0) is 4.79 Å². The molecule has 0 aliphatic carbocycles. The molecule has 1 aromatic carbocycles. The Morgan fingerprint density at radius 1 is 1.58 bits per heavy atom. The number of H-pyrrole nitrogens is 1. The van der Waals surface area contributed by atoms with Crippen molar-refractivity contribution >= 4 is 40.9 Å². The molecule has 6 nitrogen and oxygen atoms in total. The summed E-state index contributed by atoms with van der Waals surface area (Å²) in [6.45, 7) is 1.88. The molecule has 0 saturated heterocycles. The molecule has 0 bridgehead atoms. The van der Waals surface area contributed by atoms with E-state index in [4.69, 9.17) is 17.3 Å². The van der Waals surface area contributed by atoms with Crippen LogP contribution in [0.25, 0.3) is 0 Å². The van der Waals surface area contributed by atoms with Crippen molar-refractivity contribution in [3.63, 3.8) is 0 Å². The largest absolute Gasteiger partial charge is 0.368 e. The lowest BCUT2D eigenvalue weighted by atomic mass is 10.2. The number of nitrogens with one attached hydrogen (secondary N) is 2. The molecule has 0 radical (unpaired) electrons. The number of aryl methyl sites for hydroxylation is 1. The van der Waals surface area contributed by atoms with Crippen molar-refractivity contribution in [1.82, 2.24) is 15.2 Å². The summed E-state index contributed by atoms with van der Waals surface area (Å²) in [6, 6.07) is 5.29. The first-order chi connectivity index (χ1) is 9.04. The average molecular weight is 298 g/mol. The quantitative estimate of drug-likeness (QED) is 0.751. The van der Waals surface area contributed by atoms with Crippen molar-refractivity contribution in [1.29, 1.82) is 0 Å². The second-order valence-corrected chi connectivity index (χ2v) is 5.18. The number of amides is 1. The van der Waals surface area contributed by atoms with Gasteiger partial charge in [-0.3, -0.25) is 4.79 Å². The van der Waals surface area contributed by atoms with E-state index in [1.807, 2.05) is 6.92 Å². The minimum Gasteiger partial charge on any atom is -0.368 e. The summed E-state index contributed by atoms with van der Waals surface area (Å²) in [6.07, 6.45) is 0. The van der Waals surface area contributed by atoms with Gasteiger partial charge in [-0.05, 0) is 30.7 Å². The van der Waals surface area contributed by atoms with E-state index in [-0.39, 0.29) is 17.6 Å². The highest BCUT2D eigenvalue weighted by atomic mass is 35.5. The zero-order valence-corrected chi connectivity index (χ0v) is 11.7. The molecule has 0 unspecified atom stereocenters. The third kappa shape index (κ3) is 3.87. The maximum atomic E-state index is 11.8. The first kappa shape index (κ1) is 13.7. The lowest BCUT2D eigenvalue weighted by molar-refractivity contribution is -0.113. The fraction of sp³-hybridized carbons (Fsp3) is 0.182. The van der Waals surface area contributed by atoms with E-state index in [2.05, 4.69) is 20.5 Å². The minimum absolute atomic E-state index is 0.140. The van der Waals surface area contributed by atoms with Gasteiger partial charge in [0.1, 0.15) is 0 Å². The van der Waals surface area contributed by atoms with Crippen LogP contribution in [0.15, 0.2) is 23.4 Å². The molecule has 0 aliphatic rings. The fourth-order valence-corrected chi connectivity index (χ4v) is 2.24. The van der Waals surface area contributed by atoms with Crippen LogP contribution >= 0.6 is 23.4 Å². The minimum atomic E-state index is -0.140. The van der Waals surface area contributed by atoms with Gasteiger partial charge in [0.25, 0.3) is 0 Å². The maximum Gasteiger partial charge on any atom is 0.234 e. The fourth-order valence-electron chi connectivity index (χ4n) is 1.41. The molecule has 2 aromatic rings. The number of nitrogen functional groups attached to an aromatic ring is 1. The molecule has 4 N–H and O–H groups in total. The molecular formula is C11H12ClN5OS. The summed E-state index contributed by atoms with van der Waals surface area (Å²) in [5, 5.41) is 10.2. The molecule has 0 atom stereocenters. The molecule has 1 aromatic heterocycles. The molecular weight excluding hydrogens is 286 g/mol. The number of benzene rings is 1. The first-order valence-electron chi connectivity index (χ1n) is 5.41. The number of rotatable bonds is 4. The van der Waals surface area contributed by atoms with Crippen LogP contribution in [0.4, 0.5) is 11.6 Å². The van der Waals surface area contributed by atoms with Gasteiger partial charge in [0.15, 0.2) is 0 Å². The highest BCUT2D eigenvalue weighted by molar-refractivity contribution is 7.99. The van der Waals surface area contributed by atoms with Crippen molar-refractivity contribution in [3.8, 4) is 0 Å². The molecule has 19 heavy (non-hydrogen) atoms. The van der Waals surface area contributed by atoms with Gasteiger partial charge in [-0.25, -0.2) is 5.10 Å². The number of hydrogen-bond acceptors (Lipinski definition) is 5. The van der Waals surface area contributed by atoms with Crippen LogP contribution in [0.5, 0.6) is 0 Å². The van der Waals surface area contributed by atoms with E-state index in [1.165, 1.54) is 11.8 Å². The summed E-state index contributed by atoms with van der Waals surface area (Å²) < 4.78 is 0. The van der Waals surface area contributed by atoms with Gasteiger partial charge in [0.05, 0.1) is 5.75 Å². The van der Waals surface area contributed by atoms with Gasteiger partial charge in [-0.2, -0.15) is 4.98 Å². The third-order valence-electron chi connectivity index (χ3n) is 2.28. The van der Waals surface area contributed by atoms with Gasteiger partial charge in [-0.15, -0.1) is 5.10 Å². The van der Waals surface area contributed by atoms with Crippen molar-refractivity contribution in [3.05, 3.63) is 28.8 Å². The van der Waals surface area contributed by atoms with Crippen LogP contribution in [0, 0.1) is 6.92 Å². The topological polar surface area (TPSA) is 96.7 Å². The summed E-state index contributed by atoms with van der Waals surface area (Å²) in [5.74, 6) is 0.301. The van der Waals surface area contributed by atoms with Crippen LogP contribution in [0.3, 0.4) is 0 Å². The van der Waals surface area contributed by atoms with Crippen LogP contribution < -0.4 is 11.1 Å². The van der Waals surface area contributed by atoms with Crippen LogP contribution in [0.2, 0.25) is 5.02 Å². The number of aromatic nitrogens is 3. The van der Waals surface area contributed by atoms with E-state index in [9.17, 15) is 4.79 Å². The molecule has 1 heterocycles. The monoisotopic (exact) mass is 297 g/mol. The summed E-state index contributed by atoms with van der Waals surface area (Å²) in [7, 11) is 0. The number of halogens is 1. The second kappa shape index (κ2) is 5.94. The number of aromatic amines is 1. The lowest BCUT2D eigenvalue weighted by Gasteiger charge is -2.07. The molecule has 2 rings (SSSR count). The highest BCUT2D eigenvalue weighted by Crippen LogP contribution is 2.20. The van der Waals surface area contributed by atoms with Gasteiger partial charge in [0, 0.05) is 10.7 Å².